The van der Waals surface area contributed by atoms with E-state index >= 15 is 0 Å². The number of halogens is 1. The van der Waals surface area contributed by atoms with Gasteiger partial charge in [0, 0.05) is 38.8 Å². The number of piperazine rings is 1. The first kappa shape index (κ1) is 17.1. The van der Waals surface area contributed by atoms with Gasteiger partial charge in [0.1, 0.15) is 17.2 Å². The smallest absolute Gasteiger partial charge is 0.287 e. The summed E-state index contributed by atoms with van der Waals surface area (Å²) in [5, 5.41) is 4.58. The van der Waals surface area contributed by atoms with Gasteiger partial charge in [-0.25, -0.2) is 14.6 Å². The number of methoxy groups -OCH3 is 1. The number of anilines is 2. The first-order valence-corrected chi connectivity index (χ1v) is 9.15. The van der Waals surface area contributed by atoms with Crippen LogP contribution in [0.3, 0.4) is 0 Å². The summed E-state index contributed by atoms with van der Waals surface area (Å²) in [6, 6.07) is 1.82. The average molecular weight is 377 g/mol. The number of ether oxygens (including phenoxy) is 1. The summed E-state index contributed by atoms with van der Waals surface area (Å²) < 4.78 is 6.65. The van der Waals surface area contributed by atoms with Crippen molar-refractivity contribution in [3.05, 3.63) is 34.0 Å². The Bertz CT molecular complexity index is 845. The Kier molecular flexibility index (Phi) is 4.67. The molecule has 2 aliphatic rings. The SMILES string of the molecule is COc1cc(N2CCN(c3cnn(CC4CC4)c(=O)c3Cl)CC2)ncn1. The highest BCUT2D eigenvalue weighted by Crippen LogP contribution is 2.30. The Hall–Kier alpha value is -2.35. The van der Waals surface area contributed by atoms with Gasteiger partial charge in [-0.05, 0) is 18.8 Å². The fourth-order valence-corrected chi connectivity index (χ4v) is 3.41. The van der Waals surface area contributed by atoms with E-state index in [2.05, 4.69) is 24.9 Å². The number of hydrogen-bond donors (Lipinski definition) is 0. The van der Waals surface area contributed by atoms with Crippen LogP contribution in [0.15, 0.2) is 23.4 Å². The van der Waals surface area contributed by atoms with Crippen LogP contribution in [0.25, 0.3) is 0 Å². The molecule has 1 saturated heterocycles. The van der Waals surface area contributed by atoms with Gasteiger partial charge in [-0.1, -0.05) is 11.6 Å². The lowest BCUT2D eigenvalue weighted by Gasteiger charge is -2.36. The maximum atomic E-state index is 12.5. The zero-order valence-electron chi connectivity index (χ0n) is 14.6. The molecule has 0 N–H and O–H groups in total. The molecule has 1 saturated carbocycles. The quantitative estimate of drug-likeness (QED) is 0.781. The Labute approximate surface area is 156 Å². The summed E-state index contributed by atoms with van der Waals surface area (Å²) in [5.74, 6) is 1.96. The van der Waals surface area contributed by atoms with Gasteiger partial charge in [-0.15, -0.1) is 0 Å². The molecule has 2 aromatic heterocycles. The van der Waals surface area contributed by atoms with Gasteiger partial charge in [-0.2, -0.15) is 5.10 Å². The molecule has 26 heavy (non-hydrogen) atoms. The average Bonchev–Trinajstić information content (AvgIpc) is 3.50. The van der Waals surface area contributed by atoms with Crippen molar-refractivity contribution in [1.82, 2.24) is 19.7 Å². The van der Waals surface area contributed by atoms with Crippen LogP contribution in [0, 0.1) is 5.92 Å². The number of nitrogens with zero attached hydrogens (tertiary/aromatic N) is 6. The maximum absolute atomic E-state index is 12.5. The number of aromatic nitrogens is 4. The van der Waals surface area contributed by atoms with Gasteiger partial charge in [0.15, 0.2) is 0 Å². The summed E-state index contributed by atoms with van der Waals surface area (Å²) in [5.41, 5.74) is 0.516. The molecule has 1 aliphatic carbocycles. The maximum Gasteiger partial charge on any atom is 0.287 e. The number of hydrogen-bond acceptors (Lipinski definition) is 7. The van der Waals surface area contributed by atoms with Crippen molar-refractivity contribution in [3.8, 4) is 5.88 Å². The van der Waals surface area contributed by atoms with Gasteiger partial charge in [-0.3, -0.25) is 4.79 Å². The second-order valence-corrected chi connectivity index (χ2v) is 7.05. The van der Waals surface area contributed by atoms with Crippen molar-refractivity contribution in [3.63, 3.8) is 0 Å². The third-order valence-corrected chi connectivity index (χ3v) is 5.23. The van der Waals surface area contributed by atoms with E-state index in [1.807, 2.05) is 6.07 Å². The van der Waals surface area contributed by atoms with Crippen LogP contribution in [-0.2, 0) is 6.54 Å². The molecule has 4 rings (SSSR count). The minimum atomic E-state index is -0.195. The molecule has 8 nitrogen and oxygen atoms in total. The third kappa shape index (κ3) is 3.46. The molecule has 9 heteroatoms. The fraction of sp³-hybridized carbons (Fsp3) is 0.529. The first-order valence-electron chi connectivity index (χ1n) is 8.77. The molecule has 0 atom stereocenters. The third-order valence-electron chi connectivity index (χ3n) is 4.88. The second-order valence-electron chi connectivity index (χ2n) is 6.67. The molecule has 0 spiro atoms. The molecule has 138 valence electrons. The van der Waals surface area contributed by atoms with Crippen LogP contribution in [0.2, 0.25) is 5.02 Å². The summed E-state index contributed by atoms with van der Waals surface area (Å²) >= 11 is 6.36. The van der Waals surface area contributed by atoms with E-state index in [-0.39, 0.29) is 10.6 Å². The molecule has 3 heterocycles. The minimum Gasteiger partial charge on any atom is -0.481 e. The Morgan fingerprint density at radius 1 is 1.19 bits per heavy atom. The van der Waals surface area contributed by atoms with Gasteiger partial charge >= 0.3 is 0 Å². The van der Waals surface area contributed by atoms with Crippen molar-refractivity contribution in [2.75, 3.05) is 43.1 Å². The zero-order chi connectivity index (χ0) is 18.1. The summed E-state index contributed by atoms with van der Waals surface area (Å²) in [6.45, 7) is 3.67. The molecule has 0 radical (unpaired) electrons. The van der Waals surface area contributed by atoms with Crippen molar-refractivity contribution in [1.29, 1.82) is 0 Å². The standard InChI is InChI=1S/C17H21ClN6O2/c1-26-15-8-14(19-11-20-15)23-6-4-22(5-7-23)13-9-21-24(10-12-2-3-12)17(25)16(13)18/h8-9,11-12H,2-7,10H2,1H3. The lowest BCUT2D eigenvalue weighted by atomic mass is 10.2. The van der Waals surface area contributed by atoms with Gasteiger partial charge in [0.05, 0.1) is 19.0 Å². The molecule has 1 aliphatic heterocycles. The topological polar surface area (TPSA) is 76.4 Å². The van der Waals surface area contributed by atoms with Crippen LogP contribution < -0.4 is 20.1 Å². The van der Waals surface area contributed by atoms with Crippen molar-refractivity contribution in [2.24, 2.45) is 5.92 Å². The highest BCUT2D eigenvalue weighted by atomic mass is 35.5. The van der Waals surface area contributed by atoms with Crippen molar-refractivity contribution in [2.45, 2.75) is 19.4 Å². The van der Waals surface area contributed by atoms with Crippen LogP contribution >= 0.6 is 11.6 Å². The predicted octanol–water partition coefficient (Wildman–Crippen LogP) is 1.43. The molecule has 0 amide bonds. The summed E-state index contributed by atoms with van der Waals surface area (Å²) in [6.07, 6.45) is 5.56. The van der Waals surface area contributed by atoms with Crippen LogP contribution in [0.5, 0.6) is 5.88 Å². The monoisotopic (exact) mass is 376 g/mol. The Morgan fingerprint density at radius 2 is 1.92 bits per heavy atom. The first-order chi connectivity index (χ1) is 12.7. The van der Waals surface area contributed by atoms with E-state index < -0.39 is 0 Å². The van der Waals surface area contributed by atoms with Gasteiger partial charge in [0.25, 0.3) is 5.56 Å². The zero-order valence-corrected chi connectivity index (χ0v) is 15.4. The van der Waals surface area contributed by atoms with Gasteiger partial charge < -0.3 is 14.5 Å². The Morgan fingerprint density at radius 3 is 2.62 bits per heavy atom. The normalized spacial score (nSPS) is 17.5. The molecular weight excluding hydrogens is 356 g/mol. The molecular formula is C17H21ClN6O2. The van der Waals surface area contributed by atoms with Crippen molar-refractivity contribution < 1.29 is 4.74 Å². The van der Waals surface area contributed by atoms with Crippen LogP contribution in [-0.4, -0.2) is 53.0 Å². The summed E-state index contributed by atoms with van der Waals surface area (Å²) in [4.78, 5) is 25.1. The van der Waals surface area contributed by atoms with Crippen LogP contribution in [0.4, 0.5) is 11.5 Å². The molecule has 0 aromatic carbocycles. The fourth-order valence-electron chi connectivity index (χ4n) is 3.14. The van der Waals surface area contributed by atoms with Gasteiger partial charge in [0.2, 0.25) is 5.88 Å². The van der Waals surface area contributed by atoms with E-state index in [1.165, 1.54) is 23.9 Å². The lowest BCUT2D eigenvalue weighted by Crippen LogP contribution is -2.47. The van der Waals surface area contributed by atoms with E-state index in [4.69, 9.17) is 16.3 Å². The van der Waals surface area contributed by atoms with Crippen molar-refractivity contribution >= 4 is 23.1 Å². The van der Waals surface area contributed by atoms with E-state index in [9.17, 15) is 4.79 Å². The van der Waals surface area contributed by atoms with Crippen LogP contribution in [0.1, 0.15) is 12.8 Å². The molecule has 2 aromatic rings. The lowest BCUT2D eigenvalue weighted by molar-refractivity contribution is 0.396. The number of rotatable bonds is 5. The van der Waals surface area contributed by atoms with E-state index in [1.54, 1.807) is 13.3 Å². The largest absolute Gasteiger partial charge is 0.481 e. The van der Waals surface area contributed by atoms with E-state index in [0.29, 0.717) is 24.0 Å². The molecule has 2 fully saturated rings. The van der Waals surface area contributed by atoms with E-state index in [0.717, 1.165) is 32.0 Å². The Balaban J connectivity index is 1.46. The predicted molar refractivity (Wildman–Crippen MR) is 99.2 cm³/mol. The highest BCUT2D eigenvalue weighted by Gasteiger charge is 2.25. The molecule has 0 bridgehead atoms. The summed E-state index contributed by atoms with van der Waals surface area (Å²) in [7, 11) is 1.59. The second kappa shape index (κ2) is 7.11. The molecule has 0 unspecified atom stereocenters. The minimum absolute atomic E-state index is 0.195. The highest BCUT2D eigenvalue weighted by molar-refractivity contribution is 6.33.